The predicted octanol–water partition coefficient (Wildman–Crippen LogP) is 5.93. The normalized spacial score (nSPS) is 11.4. The van der Waals surface area contributed by atoms with E-state index in [-0.39, 0.29) is 11.4 Å². The molecule has 0 aromatic heterocycles. The second-order valence-corrected chi connectivity index (χ2v) is 7.43. The maximum atomic E-state index is 12.7. The molecule has 3 aromatic carbocycles. The minimum atomic E-state index is -0.424. The van der Waals surface area contributed by atoms with Crippen LogP contribution in [-0.2, 0) is 10.2 Å². The van der Waals surface area contributed by atoms with Crippen LogP contribution >= 0.6 is 0 Å². The fraction of sp³-hybridized carbons (Fsp3) is 0.208. The molecule has 2 nitrogen and oxygen atoms in total. The highest BCUT2D eigenvalue weighted by Gasteiger charge is 2.20. The number of benzene rings is 3. The SMILES string of the molecule is CC(C)(C)c1ccc(C(=O)OC(c2ccccc2)c2ccccc2)cc1. The molecule has 0 aliphatic carbocycles. The molecule has 3 aromatic rings. The summed E-state index contributed by atoms with van der Waals surface area (Å²) in [7, 11) is 0. The van der Waals surface area contributed by atoms with Gasteiger partial charge in [-0.15, -0.1) is 0 Å². The zero-order valence-electron chi connectivity index (χ0n) is 15.5. The summed E-state index contributed by atoms with van der Waals surface area (Å²) in [6, 6.07) is 27.3. The molecule has 0 heterocycles. The van der Waals surface area contributed by atoms with Gasteiger partial charge in [0.15, 0.2) is 6.10 Å². The van der Waals surface area contributed by atoms with Gasteiger partial charge in [0.25, 0.3) is 0 Å². The number of hydrogen-bond donors (Lipinski definition) is 0. The van der Waals surface area contributed by atoms with Crippen molar-refractivity contribution >= 4 is 5.97 Å². The molecule has 0 atom stereocenters. The van der Waals surface area contributed by atoms with Gasteiger partial charge in [0.2, 0.25) is 0 Å². The van der Waals surface area contributed by atoms with E-state index < -0.39 is 6.10 Å². The van der Waals surface area contributed by atoms with E-state index in [1.807, 2.05) is 84.9 Å². The lowest BCUT2D eigenvalue weighted by molar-refractivity contribution is 0.0378. The van der Waals surface area contributed by atoms with E-state index in [9.17, 15) is 4.79 Å². The van der Waals surface area contributed by atoms with Crippen molar-refractivity contribution in [3.8, 4) is 0 Å². The molecule has 0 aliphatic rings. The van der Waals surface area contributed by atoms with Crippen LogP contribution < -0.4 is 0 Å². The van der Waals surface area contributed by atoms with Gasteiger partial charge in [-0.05, 0) is 34.2 Å². The fourth-order valence-electron chi connectivity index (χ4n) is 2.87. The molecule has 0 saturated heterocycles. The summed E-state index contributed by atoms with van der Waals surface area (Å²) in [5.74, 6) is -0.317. The summed E-state index contributed by atoms with van der Waals surface area (Å²) >= 11 is 0. The van der Waals surface area contributed by atoms with Gasteiger partial charge in [-0.1, -0.05) is 93.6 Å². The first-order chi connectivity index (χ1) is 12.4. The zero-order valence-corrected chi connectivity index (χ0v) is 15.5. The Balaban J connectivity index is 1.86. The molecule has 0 fully saturated rings. The van der Waals surface area contributed by atoms with Crippen molar-refractivity contribution in [3.63, 3.8) is 0 Å². The average Bonchev–Trinajstić information content (AvgIpc) is 2.67. The number of esters is 1. The number of carbonyl (C=O) groups excluding carboxylic acids is 1. The van der Waals surface area contributed by atoms with Gasteiger partial charge in [0.05, 0.1) is 5.56 Å². The van der Waals surface area contributed by atoms with Crippen molar-refractivity contribution in [2.45, 2.75) is 32.3 Å². The Hall–Kier alpha value is -2.87. The first kappa shape index (κ1) is 17.9. The number of ether oxygens (including phenoxy) is 1. The molecule has 0 radical (unpaired) electrons. The summed E-state index contributed by atoms with van der Waals surface area (Å²) in [5, 5.41) is 0. The average molecular weight is 344 g/mol. The minimum Gasteiger partial charge on any atom is -0.449 e. The molecular formula is C24H24O2. The third-order valence-electron chi connectivity index (χ3n) is 4.42. The Labute approximate surface area is 155 Å². The number of hydrogen-bond acceptors (Lipinski definition) is 2. The van der Waals surface area contributed by atoms with Crippen LogP contribution in [0.5, 0.6) is 0 Å². The lowest BCUT2D eigenvalue weighted by Crippen LogP contribution is -2.14. The summed E-state index contributed by atoms with van der Waals surface area (Å²) in [6.45, 7) is 6.46. The highest BCUT2D eigenvalue weighted by molar-refractivity contribution is 5.89. The van der Waals surface area contributed by atoms with Gasteiger partial charge in [-0.25, -0.2) is 4.79 Å². The molecule has 132 valence electrons. The smallest absolute Gasteiger partial charge is 0.339 e. The van der Waals surface area contributed by atoms with Crippen LogP contribution in [-0.4, -0.2) is 5.97 Å². The van der Waals surface area contributed by atoms with E-state index in [0.29, 0.717) is 5.56 Å². The molecule has 0 amide bonds. The molecule has 0 unspecified atom stereocenters. The largest absolute Gasteiger partial charge is 0.449 e. The Morgan fingerprint density at radius 3 is 1.62 bits per heavy atom. The zero-order chi connectivity index (χ0) is 18.6. The van der Waals surface area contributed by atoms with Crippen molar-refractivity contribution in [2.24, 2.45) is 0 Å². The van der Waals surface area contributed by atoms with Crippen molar-refractivity contribution in [1.29, 1.82) is 0 Å². The molecule has 2 heteroatoms. The molecular weight excluding hydrogens is 320 g/mol. The third kappa shape index (κ3) is 4.20. The van der Waals surface area contributed by atoms with Gasteiger partial charge in [0, 0.05) is 0 Å². The van der Waals surface area contributed by atoms with E-state index in [2.05, 4.69) is 20.8 Å². The fourth-order valence-corrected chi connectivity index (χ4v) is 2.87. The maximum Gasteiger partial charge on any atom is 0.339 e. The second-order valence-electron chi connectivity index (χ2n) is 7.43. The van der Waals surface area contributed by atoms with Crippen molar-refractivity contribution in [1.82, 2.24) is 0 Å². The maximum absolute atomic E-state index is 12.7. The predicted molar refractivity (Wildman–Crippen MR) is 105 cm³/mol. The lowest BCUT2D eigenvalue weighted by atomic mass is 9.87. The van der Waals surface area contributed by atoms with Crippen LogP contribution in [0.3, 0.4) is 0 Å². The van der Waals surface area contributed by atoms with Gasteiger partial charge in [-0.3, -0.25) is 0 Å². The molecule has 0 saturated carbocycles. The third-order valence-corrected chi connectivity index (χ3v) is 4.42. The van der Waals surface area contributed by atoms with Crippen molar-refractivity contribution < 1.29 is 9.53 Å². The molecule has 0 bridgehead atoms. The van der Waals surface area contributed by atoms with Gasteiger partial charge >= 0.3 is 5.97 Å². The Morgan fingerprint density at radius 1 is 0.731 bits per heavy atom. The summed E-state index contributed by atoms with van der Waals surface area (Å²) in [5.41, 5.74) is 3.72. The Bertz CT molecular complexity index is 805. The standard InChI is InChI=1S/C24H24O2/c1-24(2,3)21-16-14-20(15-17-21)23(25)26-22(18-10-6-4-7-11-18)19-12-8-5-9-13-19/h4-17,22H,1-3H3. The van der Waals surface area contributed by atoms with Crippen LogP contribution in [0, 0.1) is 0 Å². The van der Waals surface area contributed by atoms with E-state index in [1.165, 1.54) is 5.56 Å². The summed E-state index contributed by atoms with van der Waals surface area (Å²) in [6.07, 6.45) is -0.424. The van der Waals surface area contributed by atoms with Crippen LogP contribution in [0.15, 0.2) is 84.9 Å². The van der Waals surface area contributed by atoms with Crippen molar-refractivity contribution in [2.75, 3.05) is 0 Å². The quantitative estimate of drug-likeness (QED) is 0.548. The van der Waals surface area contributed by atoms with Crippen molar-refractivity contribution in [3.05, 3.63) is 107 Å². The monoisotopic (exact) mass is 344 g/mol. The highest BCUT2D eigenvalue weighted by atomic mass is 16.5. The number of carbonyl (C=O) groups is 1. The second kappa shape index (κ2) is 7.57. The van der Waals surface area contributed by atoms with Crippen LogP contribution in [0.2, 0.25) is 0 Å². The van der Waals surface area contributed by atoms with Gasteiger partial charge in [0.1, 0.15) is 0 Å². The first-order valence-electron chi connectivity index (χ1n) is 8.86. The van der Waals surface area contributed by atoms with Crippen LogP contribution in [0.1, 0.15) is 53.9 Å². The lowest BCUT2D eigenvalue weighted by Gasteiger charge is -2.20. The summed E-state index contributed by atoms with van der Waals surface area (Å²) in [4.78, 5) is 12.7. The van der Waals surface area contributed by atoms with E-state index >= 15 is 0 Å². The summed E-state index contributed by atoms with van der Waals surface area (Å²) < 4.78 is 5.90. The molecule has 26 heavy (non-hydrogen) atoms. The number of rotatable bonds is 4. The highest BCUT2D eigenvalue weighted by Crippen LogP contribution is 2.28. The molecule has 3 rings (SSSR count). The molecule has 0 spiro atoms. The Morgan fingerprint density at radius 2 is 1.19 bits per heavy atom. The minimum absolute atomic E-state index is 0.0546. The van der Waals surface area contributed by atoms with Gasteiger partial charge in [-0.2, -0.15) is 0 Å². The van der Waals surface area contributed by atoms with E-state index in [4.69, 9.17) is 4.74 Å². The van der Waals surface area contributed by atoms with Crippen LogP contribution in [0.4, 0.5) is 0 Å². The van der Waals surface area contributed by atoms with E-state index in [1.54, 1.807) is 0 Å². The molecule has 0 aliphatic heterocycles. The van der Waals surface area contributed by atoms with E-state index in [0.717, 1.165) is 11.1 Å². The first-order valence-corrected chi connectivity index (χ1v) is 8.86. The van der Waals surface area contributed by atoms with Crippen LogP contribution in [0.25, 0.3) is 0 Å². The van der Waals surface area contributed by atoms with Gasteiger partial charge < -0.3 is 4.74 Å². The molecule has 0 N–H and O–H groups in total. The topological polar surface area (TPSA) is 26.3 Å². The Kier molecular flexibility index (Phi) is 5.22.